The van der Waals surface area contributed by atoms with Gasteiger partial charge in [-0.3, -0.25) is 14.5 Å². The molecule has 2 saturated carbocycles. The molecule has 5 atom stereocenters. The third-order valence-corrected chi connectivity index (χ3v) is 13.3. The normalized spacial score (nSPS) is 35.2. The molecule has 8 rings (SSSR count). The lowest BCUT2D eigenvalue weighted by Gasteiger charge is -2.53. The summed E-state index contributed by atoms with van der Waals surface area (Å²) < 4.78 is 0. The largest absolute Gasteiger partial charge is 0.356 e. The van der Waals surface area contributed by atoms with E-state index in [9.17, 15) is 9.59 Å². The van der Waals surface area contributed by atoms with Gasteiger partial charge in [-0.2, -0.15) is 9.97 Å². The van der Waals surface area contributed by atoms with Gasteiger partial charge in [-0.15, -0.1) is 0 Å². The van der Waals surface area contributed by atoms with Crippen LogP contribution in [0.15, 0.2) is 29.4 Å². The molecule has 3 aliphatic heterocycles. The van der Waals surface area contributed by atoms with Gasteiger partial charge in [0.1, 0.15) is 17.4 Å². The third-order valence-electron chi connectivity index (χ3n) is 13.3. The second kappa shape index (κ2) is 11.5. The van der Waals surface area contributed by atoms with E-state index in [1.165, 1.54) is 37.7 Å². The van der Waals surface area contributed by atoms with Crippen LogP contribution in [-0.2, 0) is 9.59 Å². The molecule has 4 aliphatic carbocycles. The van der Waals surface area contributed by atoms with Crippen LogP contribution in [0.25, 0.3) is 0 Å². The highest BCUT2D eigenvalue weighted by atomic mass is 16.1. The number of aromatic nitrogens is 2. The number of hydrogen-bond donors (Lipinski definition) is 0. The Bertz CT molecular complexity index is 1370. The van der Waals surface area contributed by atoms with E-state index < -0.39 is 0 Å². The van der Waals surface area contributed by atoms with Crippen molar-refractivity contribution in [1.29, 1.82) is 0 Å². The number of hydrogen-bond acceptors (Lipinski definition) is 8. The van der Waals surface area contributed by atoms with Gasteiger partial charge in [0.15, 0.2) is 5.78 Å². The van der Waals surface area contributed by atoms with E-state index in [2.05, 4.69) is 45.6 Å². The first-order valence-corrected chi connectivity index (χ1v) is 18.2. The van der Waals surface area contributed by atoms with Gasteiger partial charge < -0.3 is 14.7 Å². The fourth-order valence-electron chi connectivity index (χ4n) is 10.6. The van der Waals surface area contributed by atoms with Crippen LogP contribution in [0.2, 0.25) is 0 Å². The number of carbonyl (C=O) groups excluding carboxylic acids is 2. The molecule has 0 unspecified atom stereocenters. The van der Waals surface area contributed by atoms with Crippen molar-refractivity contribution in [2.45, 2.75) is 84.5 Å². The average Bonchev–Trinajstić information content (AvgIpc) is 3.83. The number of carbonyl (C=O) groups is 2. The van der Waals surface area contributed by atoms with Crippen molar-refractivity contribution in [3.63, 3.8) is 0 Å². The lowest BCUT2D eigenvalue weighted by atomic mass is 9.51. The summed E-state index contributed by atoms with van der Waals surface area (Å²) >= 11 is 0. The van der Waals surface area contributed by atoms with Crippen molar-refractivity contribution in [3.05, 3.63) is 29.4 Å². The molecule has 8 nitrogen and oxygen atoms in total. The van der Waals surface area contributed by atoms with Crippen LogP contribution in [0.5, 0.6) is 0 Å². The molecule has 8 heteroatoms. The smallest absolute Gasteiger partial charge is 0.229 e. The van der Waals surface area contributed by atoms with Crippen LogP contribution in [0, 0.1) is 28.6 Å². The van der Waals surface area contributed by atoms with E-state index in [1.54, 1.807) is 5.57 Å². The maximum atomic E-state index is 14.0. The molecule has 45 heavy (non-hydrogen) atoms. The Kier molecular flexibility index (Phi) is 7.58. The zero-order valence-electron chi connectivity index (χ0n) is 27.6. The molecule has 1 aromatic heterocycles. The highest BCUT2D eigenvalue weighted by Gasteiger charge is 2.57. The second-order valence-corrected chi connectivity index (χ2v) is 15.7. The predicted octanol–water partition coefficient (Wildman–Crippen LogP) is 5.44. The Morgan fingerprint density at radius 1 is 0.844 bits per heavy atom. The minimum atomic E-state index is 0.0635. The van der Waals surface area contributed by atoms with E-state index in [-0.39, 0.29) is 16.7 Å². The number of rotatable bonds is 6. The van der Waals surface area contributed by atoms with E-state index in [0.29, 0.717) is 36.4 Å². The van der Waals surface area contributed by atoms with Crippen LogP contribution >= 0.6 is 0 Å². The van der Waals surface area contributed by atoms with Crippen molar-refractivity contribution < 1.29 is 9.59 Å². The number of piperazine rings is 1. The van der Waals surface area contributed by atoms with Gasteiger partial charge in [0.2, 0.25) is 5.95 Å². The maximum Gasteiger partial charge on any atom is 0.229 e. The summed E-state index contributed by atoms with van der Waals surface area (Å²) in [4.78, 5) is 46.0. The molecule has 0 radical (unpaired) electrons. The second-order valence-electron chi connectivity index (χ2n) is 15.7. The van der Waals surface area contributed by atoms with Crippen LogP contribution in [0.3, 0.4) is 0 Å². The topological polar surface area (TPSA) is 72.9 Å². The first-order valence-electron chi connectivity index (χ1n) is 18.2. The zero-order chi connectivity index (χ0) is 30.8. The first kappa shape index (κ1) is 29.6. The molecule has 1 aromatic rings. The molecular weight excluding hydrogens is 560 g/mol. The molecule has 242 valence electrons. The fourth-order valence-corrected chi connectivity index (χ4v) is 10.6. The Morgan fingerprint density at radius 3 is 2.22 bits per heavy atom. The highest BCUT2D eigenvalue weighted by Crippen LogP contribution is 2.64. The van der Waals surface area contributed by atoms with Gasteiger partial charge in [-0.1, -0.05) is 31.1 Å². The van der Waals surface area contributed by atoms with Gasteiger partial charge in [-0.05, 0) is 87.5 Å². The van der Waals surface area contributed by atoms with Crippen LogP contribution in [-0.4, -0.2) is 85.3 Å². The van der Waals surface area contributed by atoms with Crippen LogP contribution < -0.4 is 14.7 Å². The predicted molar refractivity (Wildman–Crippen MR) is 179 cm³/mol. The van der Waals surface area contributed by atoms with Crippen LogP contribution in [0.4, 0.5) is 17.6 Å². The summed E-state index contributed by atoms with van der Waals surface area (Å²) in [6.45, 7) is 13.3. The molecule has 7 aliphatic rings. The van der Waals surface area contributed by atoms with Crippen LogP contribution in [0.1, 0.15) is 84.5 Å². The summed E-state index contributed by atoms with van der Waals surface area (Å²) in [5.74, 6) is 5.13. The van der Waals surface area contributed by atoms with Crippen molar-refractivity contribution >= 4 is 29.2 Å². The standard InChI is InChI=1S/C37H52N6O2/c1-36-13-11-27(44)23-26(36)7-8-28-29-9-10-31(37(29,2)14-12-30(28)36)32(45)25-40-19-21-42(22-20-40)34-24-33(41-15-3-4-16-41)38-35(39-34)43-17-5-6-18-43/h12,23-24,28-29,31H,3-11,13-22,25H2,1-2H3/t28-,29-,31+,36-,37-/m0/s1. The molecule has 0 spiro atoms. The summed E-state index contributed by atoms with van der Waals surface area (Å²) in [5.41, 5.74) is 3.10. The zero-order valence-corrected chi connectivity index (χ0v) is 27.6. The molecule has 0 bridgehead atoms. The highest BCUT2D eigenvalue weighted by molar-refractivity contribution is 5.92. The Morgan fingerprint density at radius 2 is 1.51 bits per heavy atom. The van der Waals surface area contributed by atoms with Gasteiger partial charge in [0.25, 0.3) is 0 Å². The fraction of sp³-hybridized carbons (Fsp3) is 0.730. The molecule has 3 saturated heterocycles. The SMILES string of the molecule is C[C@]12CCC(=O)C=C1CC[C@@H]1C2=CC[C@]2(C)[C@@H](C(=O)CN3CCN(c4cc(N5CCCC5)nc(N5CCCC5)n4)CC3)CC[C@@H]12. The van der Waals surface area contributed by atoms with Crippen molar-refractivity contribution in [2.75, 3.05) is 73.6 Å². The number of fused-ring (bicyclic) bond motifs is 5. The molecule has 4 heterocycles. The Hall–Kier alpha value is -2.74. The number of allylic oxidation sites excluding steroid dienone is 4. The summed E-state index contributed by atoms with van der Waals surface area (Å²) in [7, 11) is 0. The lowest BCUT2D eigenvalue weighted by Crippen LogP contribution is -2.50. The Labute approximate surface area is 269 Å². The summed E-state index contributed by atoms with van der Waals surface area (Å²) in [6.07, 6.45) is 16.5. The van der Waals surface area contributed by atoms with E-state index in [4.69, 9.17) is 9.97 Å². The van der Waals surface area contributed by atoms with Gasteiger partial charge in [-0.25, -0.2) is 0 Å². The quantitative estimate of drug-likeness (QED) is 0.394. The average molecular weight is 613 g/mol. The molecule has 0 amide bonds. The minimum Gasteiger partial charge on any atom is -0.356 e. The van der Waals surface area contributed by atoms with Crippen molar-refractivity contribution in [1.82, 2.24) is 14.9 Å². The molecule has 5 fully saturated rings. The molecular formula is C37H52N6O2. The summed E-state index contributed by atoms with van der Waals surface area (Å²) in [5, 5.41) is 0. The van der Waals surface area contributed by atoms with Crippen molar-refractivity contribution in [2.24, 2.45) is 28.6 Å². The van der Waals surface area contributed by atoms with Gasteiger partial charge in [0.05, 0.1) is 6.54 Å². The van der Waals surface area contributed by atoms with Gasteiger partial charge in [0, 0.05) is 76.2 Å². The number of nitrogens with zero attached hydrogens (tertiary/aromatic N) is 6. The molecule has 0 N–H and O–H groups in total. The maximum absolute atomic E-state index is 14.0. The molecule has 0 aromatic carbocycles. The lowest BCUT2D eigenvalue weighted by molar-refractivity contribution is -0.128. The van der Waals surface area contributed by atoms with E-state index in [0.717, 1.165) is 102 Å². The van der Waals surface area contributed by atoms with Gasteiger partial charge >= 0.3 is 0 Å². The van der Waals surface area contributed by atoms with E-state index >= 15 is 0 Å². The first-order chi connectivity index (χ1) is 21.8. The monoisotopic (exact) mass is 612 g/mol. The number of ketones is 2. The van der Waals surface area contributed by atoms with E-state index in [1.807, 2.05) is 6.08 Å². The summed E-state index contributed by atoms with van der Waals surface area (Å²) in [6, 6.07) is 2.21. The Balaban J connectivity index is 0.928. The van der Waals surface area contributed by atoms with Crippen molar-refractivity contribution in [3.8, 4) is 0 Å². The number of Topliss-reactive ketones (excluding diaryl/α,β-unsaturated/α-hetero) is 1. The number of anilines is 3. The third kappa shape index (κ3) is 5.14. The minimum absolute atomic E-state index is 0.0635.